The molecule has 8 atom stereocenters. The molecule has 27 heteroatoms. The number of aliphatic carboxylic acids is 4. The topological polar surface area (TPSA) is 467 Å². The molecular weight excluding hydrogens is 840 g/mol. The highest BCUT2D eigenvalue weighted by Crippen LogP contribution is 2.07. The van der Waals surface area contributed by atoms with Crippen molar-refractivity contribution in [1.29, 1.82) is 5.41 Å². The van der Waals surface area contributed by atoms with Crippen LogP contribution in [-0.2, 0) is 52.7 Å². The summed E-state index contributed by atoms with van der Waals surface area (Å²) in [4.78, 5) is 137. The van der Waals surface area contributed by atoms with Gasteiger partial charge in [-0.05, 0) is 72.3 Å². The van der Waals surface area contributed by atoms with Gasteiger partial charge in [0.05, 0.1) is 6.04 Å². The van der Waals surface area contributed by atoms with Crippen molar-refractivity contribution >= 4 is 71.2 Å². The SMILES string of the molecule is C[C@H](NC(=O)[C@H](CCC(=O)O)NC(=O)[C@H](C)NC(=O)[C@H](CCC(=O)O)NC(=O)[C@H](C)NC(=O)[C@H](CCC(=O)O)NC(=O)[C@H](CCCNC(=N)N)NC(=O)[C@@H](N)CCCCN)C(=O)O. The summed E-state index contributed by atoms with van der Waals surface area (Å²) in [5.74, 6) is -12.8. The molecule has 0 fully saturated rings. The number of hydrogen-bond donors (Lipinski definition) is 16. The second kappa shape index (κ2) is 29.6. The number of carboxylic acids is 4. The Labute approximate surface area is 362 Å². The van der Waals surface area contributed by atoms with E-state index in [1.807, 2.05) is 0 Å². The van der Waals surface area contributed by atoms with Crippen LogP contribution >= 0.6 is 0 Å². The van der Waals surface area contributed by atoms with E-state index in [1.54, 1.807) is 0 Å². The van der Waals surface area contributed by atoms with Crippen LogP contribution in [0.15, 0.2) is 0 Å². The lowest BCUT2D eigenvalue weighted by atomic mass is 10.1. The van der Waals surface area contributed by atoms with E-state index in [2.05, 4.69) is 42.5 Å². The van der Waals surface area contributed by atoms with Crippen molar-refractivity contribution in [2.45, 2.75) is 140 Å². The highest BCUT2D eigenvalue weighted by Gasteiger charge is 2.33. The summed E-state index contributed by atoms with van der Waals surface area (Å²) < 4.78 is 0. The number of carbonyl (C=O) groups is 11. The molecule has 0 bridgehead atoms. The fraction of sp³-hybridized carbons (Fsp3) is 0.667. The van der Waals surface area contributed by atoms with Gasteiger partial charge < -0.3 is 80.2 Å². The van der Waals surface area contributed by atoms with Crippen LogP contribution in [0.2, 0.25) is 0 Å². The van der Waals surface area contributed by atoms with Crippen LogP contribution in [0.1, 0.15) is 91.4 Å². The van der Waals surface area contributed by atoms with Crippen LogP contribution in [0.4, 0.5) is 0 Å². The molecule has 0 aromatic rings. The van der Waals surface area contributed by atoms with E-state index in [4.69, 9.17) is 32.8 Å². The Morgan fingerprint density at radius 2 is 0.825 bits per heavy atom. The smallest absolute Gasteiger partial charge is 0.325 e. The minimum Gasteiger partial charge on any atom is -0.481 e. The molecule has 0 saturated carbocycles. The van der Waals surface area contributed by atoms with E-state index in [9.17, 15) is 63.0 Å². The van der Waals surface area contributed by atoms with Crippen molar-refractivity contribution in [3.05, 3.63) is 0 Å². The first kappa shape index (κ1) is 56.4. The monoisotopic (exact) mass is 902 g/mol. The molecular formula is C36H62N12O15. The minimum atomic E-state index is -1.66. The van der Waals surface area contributed by atoms with Crippen molar-refractivity contribution in [3.63, 3.8) is 0 Å². The Hall–Kier alpha value is -6.64. The first-order chi connectivity index (χ1) is 29.4. The van der Waals surface area contributed by atoms with Crippen molar-refractivity contribution in [1.82, 2.24) is 42.5 Å². The molecule has 0 rings (SSSR count). The van der Waals surface area contributed by atoms with Gasteiger partial charge in [0.25, 0.3) is 0 Å². The van der Waals surface area contributed by atoms with E-state index < -0.39 is 152 Å². The molecule has 0 heterocycles. The quantitative estimate of drug-likeness (QED) is 0.0170. The third-order valence-electron chi connectivity index (χ3n) is 9.00. The lowest BCUT2D eigenvalue weighted by Crippen LogP contribution is -2.59. The first-order valence-corrected chi connectivity index (χ1v) is 19.9. The predicted octanol–water partition coefficient (Wildman–Crippen LogP) is -5.16. The average molecular weight is 903 g/mol. The number of hydrogen-bond acceptors (Lipinski definition) is 14. The van der Waals surface area contributed by atoms with Gasteiger partial charge in [0.2, 0.25) is 41.4 Å². The zero-order valence-corrected chi connectivity index (χ0v) is 35.3. The summed E-state index contributed by atoms with van der Waals surface area (Å²) >= 11 is 0. The van der Waals surface area contributed by atoms with Crippen molar-refractivity contribution < 1.29 is 73.2 Å². The van der Waals surface area contributed by atoms with Gasteiger partial charge in [-0.25, -0.2) is 0 Å². The lowest BCUT2D eigenvalue weighted by molar-refractivity contribution is -0.142. The molecule has 0 unspecified atom stereocenters. The second-order valence-corrected chi connectivity index (χ2v) is 14.4. The van der Waals surface area contributed by atoms with Crippen LogP contribution in [0.5, 0.6) is 0 Å². The molecule has 0 aromatic heterocycles. The number of rotatable bonds is 32. The second-order valence-electron chi connectivity index (χ2n) is 14.4. The molecule has 0 aliphatic rings. The van der Waals surface area contributed by atoms with Crippen LogP contribution in [0.3, 0.4) is 0 Å². The summed E-state index contributed by atoms with van der Waals surface area (Å²) in [6.07, 6.45) is -1.94. The number of nitrogens with one attached hydrogen (secondary N) is 9. The number of guanidine groups is 1. The van der Waals surface area contributed by atoms with E-state index in [0.29, 0.717) is 19.4 Å². The molecule has 0 aromatic carbocycles. The van der Waals surface area contributed by atoms with E-state index >= 15 is 0 Å². The van der Waals surface area contributed by atoms with Crippen molar-refractivity contribution in [2.75, 3.05) is 13.1 Å². The largest absolute Gasteiger partial charge is 0.481 e. The summed E-state index contributed by atoms with van der Waals surface area (Å²) in [7, 11) is 0. The Morgan fingerprint density at radius 3 is 1.19 bits per heavy atom. The Morgan fingerprint density at radius 1 is 0.476 bits per heavy atom. The van der Waals surface area contributed by atoms with E-state index in [-0.39, 0.29) is 31.8 Å². The van der Waals surface area contributed by atoms with Crippen molar-refractivity contribution in [2.24, 2.45) is 17.2 Å². The maximum atomic E-state index is 13.5. The molecule has 0 spiro atoms. The third-order valence-corrected chi connectivity index (χ3v) is 9.00. The average Bonchev–Trinajstić information content (AvgIpc) is 3.19. The maximum Gasteiger partial charge on any atom is 0.325 e. The number of carbonyl (C=O) groups excluding carboxylic acids is 7. The first-order valence-electron chi connectivity index (χ1n) is 19.9. The summed E-state index contributed by atoms with van der Waals surface area (Å²) in [5.41, 5.74) is 16.8. The summed E-state index contributed by atoms with van der Waals surface area (Å²) in [6, 6.07) is -11.6. The molecule has 27 nitrogen and oxygen atoms in total. The highest BCUT2D eigenvalue weighted by molar-refractivity contribution is 5.97. The third kappa shape index (κ3) is 24.4. The van der Waals surface area contributed by atoms with Gasteiger partial charge >= 0.3 is 23.9 Å². The van der Waals surface area contributed by atoms with Gasteiger partial charge in [-0.15, -0.1) is 0 Å². The molecule has 0 aliphatic heterocycles. The van der Waals surface area contributed by atoms with Gasteiger partial charge in [0.15, 0.2) is 5.96 Å². The molecule has 19 N–H and O–H groups in total. The predicted molar refractivity (Wildman–Crippen MR) is 219 cm³/mol. The fourth-order valence-corrected chi connectivity index (χ4v) is 5.33. The van der Waals surface area contributed by atoms with Gasteiger partial charge in [0, 0.05) is 25.8 Å². The molecule has 0 radical (unpaired) electrons. The number of nitrogens with two attached hydrogens (primary N) is 3. The number of amides is 7. The summed E-state index contributed by atoms with van der Waals surface area (Å²) in [6.45, 7) is 3.90. The lowest BCUT2D eigenvalue weighted by Gasteiger charge is -2.26. The number of unbranched alkanes of at least 4 members (excludes halogenated alkanes) is 1. The Bertz CT molecular complexity index is 1650. The highest BCUT2D eigenvalue weighted by atomic mass is 16.4. The van der Waals surface area contributed by atoms with Gasteiger partial charge in [0.1, 0.15) is 42.3 Å². The molecule has 7 amide bonds. The van der Waals surface area contributed by atoms with Crippen LogP contribution < -0.4 is 59.7 Å². The molecule has 63 heavy (non-hydrogen) atoms. The molecule has 0 aliphatic carbocycles. The van der Waals surface area contributed by atoms with Gasteiger partial charge in [-0.3, -0.25) is 58.1 Å². The molecule has 356 valence electrons. The van der Waals surface area contributed by atoms with Crippen molar-refractivity contribution in [3.8, 4) is 0 Å². The zero-order valence-electron chi connectivity index (χ0n) is 35.3. The summed E-state index contributed by atoms with van der Waals surface area (Å²) in [5, 5.41) is 62.6. The van der Waals surface area contributed by atoms with E-state index in [0.717, 1.165) is 20.8 Å². The van der Waals surface area contributed by atoms with Crippen LogP contribution in [-0.4, -0.2) is 153 Å². The van der Waals surface area contributed by atoms with Gasteiger partial charge in [-0.2, -0.15) is 0 Å². The molecule has 0 saturated heterocycles. The van der Waals surface area contributed by atoms with Gasteiger partial charge in [-0.1, -0.05) is 6.42 Å². The standard InChI is InChI=1S/C36H62N12O15/c1-17(29(56)46-23(10-13-26(51)52)33(60)44-19(3)35(62)63)42-31(58)22(9-12-25(49)50)45-28(55)18(2)43-32(59)24(11-14-27(53)54)48-34(61)21(8-6-16-41-36(39)40)47-30(57)20(38)7-4-5-15-37/h17-24H,4-16,37-38H2,1-3H3,(H,42,58)(H,43,59)(H,44,60)(H,45,55)(H,46,56)(H,47,57)(H,48,61)(H,49,50)(H,51,52)(H,53,54)(H,62,63)(H4,39,40,41)/t17-,18-,19-,20-,21-,22-,23-,24-/m0/s1. The zero-order chi connectivity index (χ0) is 48.4. The normalized spacial score (nSPS) is 14.6. The Kier molecular flexibility index (Phi) is 26.5. The minimum absolute atomic E-state index is 0.0494. The maximum absolute atomic E-state index is 13.5. The van der Waals surface area contributed by atoms with E-state index in [1.165, 1.54) is 0 Å². The van der Waals surface area contributed by atoms with Crippen LogP contribution in [0, 0.1) is 5.41 Å². The Balaban J connectivity index is 6.08. The number of carboxylic acid groups (broad SMARTS) is 4. The fourth-order valence-electron chi connectivity index (χ4n) is 5.33. The van der Waals surface area contributed by atoms with Crippen LogP contribution in [0.25, 0.3) is 0 Å².